The van der Waals surface area contributed by atoms with Gasteiger partial charge in [0.1, 0.15) is 5.56 Å². The number of rotatable bonds is 6. The highest BCUT2D eigenvalue weighted by Gasteiger charge is 2.21. The number of nitrogens with zero attached hydrogens (tertiary/aromatic N) is 3. The average Bonchev–Trinajstić information content (AvgIpc) is 3.17. The third-order valence-electron chi connectivity index (χ3n) is 5.20. The molecule has 2 aromatic carbocycles. The van der Waals surface area contributed by atoms with Crippen LogP contribution in [-0.4, -0.2) is 26.7 Å². The first-order valence-corrected chi connectivity index (χ1v) is 10.8. The Morgan fingerprint density at radius 2 is 1.83 bits per heavy atom. The van der Waals surface area contributed by atoms with Crippen LogP contribution < -0.4 is 5.56 Å². The van der Waals surface area contributed by atoms with Gasteiger partial charge >= 0.3 is 0 Å². The van der Waals surface area contributed by atoms with Crippen LogP contribution in [-0.2, 0) is 13.0 Å². The fraction of sp³-hybridized carbons (Fsp3) is 0.208. The molecule has 2 heterocycles. The molecule has 0 radical (unpaired) electrons. The minimum Gasteiger partial charge on any atom is -0.334 e. The summed E-state index contributed by atoms with van der Waals surface area (Å²) in [5.74, 6) is -0.288. The lowest BCUT2D eigenvalue weighted by atomic mass is 10.1. The first kappa shape index (κ1) is 20.0. The van der Waals surface area contributed by atoms with Crippen molar-refractivity contribution in [3.63, 3.8) is 0 Å². The standard InChI is InChI=1S/C24H23N3O2S/c1-3-26(15-19-12-8-7-9-17(19)2)22(28)21-14-25-24-27(23(21)29)16-20(30-24)13-18-10-5-4-6-11-18/h4-12,14,16H,3,13,15H2,1-2H3. The van der Waals surface area contributed by atoms with Gasteiger partial charge < -0.3 is 4.90 Å². The maximum Gasteiger partial charge on any atom is 0.271 e. The van der Waals surface area contributed by atoms with Crippen LogP contribution in [0, 0.1) is 6.92 Å². The van der Waals surface area contributed by atoms with Crippen LogP contribution >= 0.6 is 11.3 Å². The van der Waals surface area contributed by atoms with Crippen molar-refractivity contribution < 1.29 is 4.79 Å². The Balaban J connectivity index is 1.63. The first-order chi connectivity index (χ1) is 14.6. The number of benzene rings is 2. The first-order valence-electron chi connectivity index (χ1n) is 9.94. The third-order valence-corrected chi connectivity index (χ3v) is 6.19. The van der Waals surface area contributed by atoms with E-state index in [1.165, 1.54) is 27.5 Å². The van der Waals surface area contributed by atoms with E-state index in [-0.39, 0.29) is 17.0 Å². The van der Waals surface area contributed by atoms with E-state index in [2.05, 4.69) is 17.1 Å². The summed E-state index contributed by atoms with van der Waals surface area (Å²) in [7, 11) is 0. The lowest BCUT2D eigenvalue weighted by molar-refractivity contribution is 0.0750. The quantitative estimate of drug-likeness (QED) is 0.470. The van der Waals surface area contributed by atoms with Crippen molar-refractivity contribution in [2.75, 3.05) is 6.54 Å². The monoisotopic (exact) mass is 417 g/mol. The summed E-state index contributed by atoms with van der Waals surface area (Å²) >= 11 is 1.47. The normalized spacial score (nSPS) is 11.0. The molecule has 4 aromatic rings. The SMILES string of the molecule is CCN(Cc1ccccc1C)C(=O)c1cnc2sc(Cc3ccccc3)cn2c1=O. The van der Waals surface area contributed by atoms with E-state index in [1.54, 1.807) is 11.1 Å². The van der Waals surface area contributed by atoms with Crippen LogP contribution in [0.5, 0.6) is 0 Å². The predicted octanol–water partition coefficient (Wildman–Crippen LogP) is 4.32. The van der Waals surface area contributed by atoms with Gasteiger partial charge in [0.05, 0.1) is 0 Å². The number of thiazole rings is 1. The van der Waals surface area contributed by atoms with Gasteiger partial charge in [0.2, 0.25) is 0 Å². The van der Waals surface area contributed by atoms with Crippen molar-refractivity contribution in [3.8, 4) is 0 Å². The van der Waals surface area contributed by atoms with Gasteiger partial charge in [-0.2, -0.15) is 0 Å². The highest BCUT2D eigenvalue weighted by Crippen LogP contribution is 2.19. The Hall–Kier alpha value is -3.25. The third kappa shape index (κ3) is 4.04. The van der Waals surface area contributed by atoms with Gasteiger partial charge in [0.25, 0.3) is 11.5 Å². The summed E-state index contributed by atoms with van der Waals surface area (Å²) in [4.78, 5) is 33.9. The molecule has 0 saturated carbocycles. The Morgan fingerprint density at radius 3 is 2.57 bits per heavy atom. The fourth-order valence-corrected chi connectivity index (χ4v) is 4.42. The number of aryl methyl sites for hydroxylation is 1. The number of amides is 1. The van der Waals surface area contributed by atoms with E-state index in [4.69, 9.17) is 0 Å². The van der Waals surface area contributed by atoms with Gasteiger partial charge in [0.15, 0.2) is 4.96 Å². The molecule has 0 unspecified atom stereocenters. The summed E-state index contributed by atoms with van der Waals surface area (Å²) < 4.78 is 1.50. The molecule has 0 N–H and O–H groups in total. The van der Waals surface area contributed by atoms with E-state index in [1.807, 2.05) is 56.3 Å². The molecule has 30 heavy (non-hydrogen) atoms. The topological polar surface area (TPSA) is 54.7 Å². The molecule has 152 valence electrons. The van der Waals surface area contributed by atoms with E-state index < -0.39 is 0 Å². The highest BCUT2D eigenvalue weighted by atomic mass is 32.1. The second-order valence-electron chi connectivity index (χ2n) is 7.24. The largest absolute Gasteiger partial charge is 0.334 e. The Kier molecular flexibility index (Phi) is 5.77. The van der Waals surface area contributed by atoms with Crippen LogP contribution in [0.1, 0.15) is 38.8 Å². The van der Waals surface area contributed by atoms with E-state index in [9.17, 15) is 9.59 Å². The number of carbonyl (C=O) groups excluding carboxylic acids is 1. The van der Waals surface area contributed by atoms with Gasteiger partial charge in [-0.1, -0.05) is 54.6 Å². The molecule has 5 nitrogen and oxygen atoms in total. The predicted molar refractivity (Wildman–Crippen MR) is 120 cm³/mol. The average molecular weight is 418 g/mol. The Bertz CT molecular complexity index is 1240. The summed E-state index contributed by atoms with van der Waals surface area (Å²) in [5, 5.41) is 0. The molecule has 0 aliphatic rings. The Labute approximate surface area is 179 Å². The lowest BCUT2D eigenvalue weighted by Crippen LogP contribution is -2.35. The number of carbonyl (C=O) groups is 1. The smallest absolute Gasteiger partial charge is 0.271 e. The molecular weight excluding hydrogens is 394 g/mol. The van der Waals surface area contributed by atoms with Crippen molar-refractivity contribution >= 4 is 22.2 Å². The van der Waals surface area contributed by atoms with Gasteiger partial charge in [-0.25, -0.2) is 4.98 Å². The molecule has 1 amide bonds. The summed E-state index contributed by atoms with van der Waals surface area (Å²) in [6.45, 7) is 4.92. The molecule has 2 aromatic heterocycles. The van der Waals surface area contributed by atoms with Gasteiger partial charge in [-0.15, -0.1) is 11.3 Å². The number of hydrogen-bond acceptors (Lipinski definition) is 4. The Morgan fingerprint density at radius 1 is 1.10 bits per heavy atom. The second kappa shape index (κ2) is 8.63. The molecule has 4 rings (SSSR count). The molecule has 0 aliphatic carbocycles. The molecule has 0 atom stereocenters. The number of hydrogen-bond donors (Lipinski definition) is 0. The minimum atomic E-state index is -0.316. The lowest BCUT2D eigenvalue weighted by Gasteiger charge is -2.21. The maximum atomic E-state index is 13.1. The minimum absolute atomic E-state index is 0.104. The van der Waals surface area contributed by atoms with E-state index >= 15 is 0 Å². The van der Waals surface area contributed by atoms with Crippen LogP contribution in [0.4, 0.5) is 0 Å². The maximum absolute atomic E-state index is 13.1. The molecular formula is C24H23N3O2S. The van der Waals surface area contributed by atoms with Crippen molar-refractivity contribution in [2.24, 2.45) is 0 Å². The molecule has 0 aliphatic heterocycles. The van der Waals surface area contributed by atoms with E-state index in [0.717, 1.165) is 22.4 Å². The van der Waals surface area contributed by atoms with Crippen molar-refractivity contribution in [1.29, 1.82) is 0 Å². The van der Waals surface area contributed by atoms with Crippen LogP contribution in [0.15, 0.2) is 71.8 Å². The van der Waals surface area contributed by atoms with Gasteiger partial charge in [0, 0.05) is 36.8 Å². The van der Waals surface area contributed by atoms with Crippen molar-refractivity contribution in [3.05, 3.63) is 104 Å². The van der Waals surface area contributed by atoms with Gasteiger partial charge in [-0.3, -0.25) is 14.0 Å². The molecule has 6 heteroatoms. The number of aromatic nitrogens is 2. The number of fused-ring (bicyclic) bond motifs is 1. The van der Waals surface area contributed by atoms with Crippen LogP contribution in [0.25, 0.3) is 4.96 Å². The summed E-state index contributed by atoms with van der Waals surface area (Å²) in [6.07, 6.45) is 3.95. The summed E-state index contributed by atoms with van der Waals surface area (Å²) in [6, 6.07) is 18.1. The zero-order chi connectivity index (χ0) is 21.1. The fourth-order valence-electron chi connectivity index (χ4n) is 3.45. The zero-order valence-electron chi connectivity index (χ0n) is 17.0. The second-order valence-corrected chi connectivity index (χ2v) is 8.33. The van der Waals surface area contributed by atoms with Gasteiger partial charge in [-0.05, 0) is 30.5 Å². The van der Waals surface area contributed by atoms with E-state index in [0.29, 0.717) is 18.1 Å². The van der Waals surface area contributed by atoms with Crippen LogP contribution in [0.3, 0.4) is 0 Å². The highest BCUT2D eigenvalue weighted by molar-refractivity contribution is 7.17. The molecule has 0 saturated heterocycles. The van der Waals surface area contributed by atoms with Crippen molar-refractivity contribution in [1.82, 2.24) is 14.3 Å². The summed E-state index contributed by atoms with van der Waals surface area (Å²) in [5.41, 5.74) is 3.15. The molecule has 0 spiro atoms. The zero-order valence-corrected chi connectivity index (χ0v) is 17.9. The van der Waals surface area contributed by atoms with Crippen molar-refractivity contribution in [2.45, 2.75) is 26.8 Å². The molecule has 0 bridgehead atoms. The van der Waals surface area contributed by atoms with Crippen LogP contribution in [0.2, 0.25) is 0 Å². The molecule has 0 fully saturated rings.